The lowest BCUT2D eigenvalue weighted by atomic mass is 9.96. The summed E-state index contributed by atoms with van der Waals surface area (Å²) in [4.78, 5) is 2.23. The fourth-order valence-electron chi connectivity index (χ4n) is 3.20. The van der Waals surface area contributed by atoms with Crippen LogP contribution in [-0.2, 0) is 0 Å². The predicted molar refractivity (Wildman–Crippen MR) is 117 cm³/mol. The maximum Gasteiger partial charge on any atom is 0.113 e. The second-order valence-corrected chi connectivity index (χ2v) is 6.68. The molecule has 0 heterocycles. The van der Waals surface area contributed by atoms with E-state index in [2.05, 4.69) is 96.8 Å². The molecule has 0 aliphatic heterocycles. The van der Waals surface area contributed by atoms with Crippen molar-refractivity contribution in [3.05, 3.63) is 109 Å². The Morgan fingerprint density at radius 2 is 0.963 bits per heavy atom. The molecule has 27 heavy (non-hydrogen) atoms. The molecule has 128 valence electrons. The van der Waals surface area contributed by atoms with Gasteiger partial charge in [-0.05, 0) is 54.4 Å². The number of benzene rings is 4. The van der Waals surface area contributed by atoms with Gasteiger partial charge >= 0.3 is 0 Å². The fraction of sp³-hybridized carbons (Fsp3) is 0.0400. The second kappa shape index (κ2) is 7.55. The summed E-state index contributed by atoms with van der Waals surface area (Å²) in [6.07, 6.45) is 0. The SMILES string of the molecule is [B]c1ccc(N(c2ccccc2)c2ccc(-c3ccc(C)cc3)cc2)cc1. The van der Waals surface area contributed by atoms with E-state index in [0.29, 0.717) is 0 Å². The Labute approximate surface area is 162 Å². The monoisotopic (exact) mass is 345 g/mol. The van der Waals surface area contributed by atoms with Crippen LogP contribution in [0.1, 0.15) is 5.56 Å². The zero-order valence-corrected chi connectivity index (χ0v) is 15.3. The first kappa shape index (κ1) is 17.2. The molecular formula is C25H20BN. The Kier molecular flexibility index (Phi) is 4.80. The topological polar surface area (TPSA) is 3.24 Å². The van der Waals surface area contributed by atoms with Gasteiger partial charge in [-0.1, -0.05) is 77.8 Å². The zero-order chi connectivity index (χ0) is 18.6. The number of para-hydroxylation sites is 1. The van der Waals surface area contributed by atoms with Gasteiger partial charge in [0.25, 0.3) is 0 Å². The van der Waals surface area contributed by atoms with Gasteiger partial charge in [0.1, 0.15) is 7.85 Å². The smallest absolute Gasteiger partial charge is 0.113 e. The van der Waals surface area contributed by atoms with Crippen molar-refractivity contribution in [1.29, 1.82) is 0 Å². The summed E-state index contributed by atoms with van der Waals surface area (Å²) in [7, 11) is 5.88. The minimum Gasteiger partial charge on any atom is -0.311 e. The average Bonchev–Trinajstić information content (AvgIpc) is 2.72. The molecular weight excluding hydrogens is 325 g/mol. The highest BCUT2D eigenvalue weighted by Crippen LogP contribution is 2.35. The van der Waals surface area contributed by atoms with Crippen LogP contribution in [0.25, 0.3) is 11.1 Å². The van der Waals surface area contributed by atoms with Crippen LogP contribution in [0.2, 0.25) is 0 Å². The Bertz CT molecular complexity index is 1000. The van der Waals surface area contributed by atoms with Crippen LogP contribution in [0.4, 0.5) is 17.1 Å². The van der Waals surface area contributed by atoms with Crippen molar-refractivity contribution in [2.45, 2.75) is 6.92 Å². The van der Waals surface area contributed by atoms with E-state index in [-0.39, 0.29) is 0 Å². The fourth-order valence-corrected chi connectivity index (χ4v) is 3.20. The van der Waals surface area contributed by atoms with Crippen LogP contribution in [0.3, 0.4) is 0 Å². The molecule has 0 spiro atoms. The van der Waals surface area contributed by atoms with Gasteiger partial charge in [0.2, 0.25) is 0 Å². The number of rotatable bonds is 4. The van der Waals surface area contributed by atoms with E-state index in [0.717, 1.165) is 22.5 Å². The number of aryl methyl sites for hydroxylation is 1. The largest absolute Gasteiger partial charge is 0.311 e. The Morgan fingerprint density at radius 3 is 1.52 bits per heavy atom. The number of anilines is 3. The van der Waals surface area contributed by atoms with Crippen LogP contribution in [-0.4, -0.2) is 7.85 Å². The van der Waals surface area contributed by atoms with Crippen molar-refractivity contribution in [1.82, 2.24) is 0 Å². The van der Waals surface area contributed by atoms with Crippen molar-refractivity contribution in [3.63, 3.8) is 0 Å². The number of hydrogen-bond donors (Lipinski definition) is 0. The lowest BCUT2D eigenvalue weighted by molar-refractivity contribution is 1.29. The first-order valence-electron chi connectivity index (χ1n) is 9.08. The standard InChI is InChI=1S/C25H20BN/c1-19-7-9-20(10-8-19)21-11-15-24(16-12-21)27(23-5-3-2-4-6-23)25-17-13-22(26)14-18-25/h2-18H,1H3. The Hall–Kier alpha value is -3.26. The molecule has 4 rings (SSSR count). The van der Waals surface area contributed by atoms with Gasteiger partial charge < -0.3 is 4.90 Å². The van der Waals surface area contributed by atoms with Crippen molar-refractivity contribution >= 4 is 30.4 Å². The average molecular weight is 345 g/mol. The highest BCUT2D eigenvalue weighted by molar-refractivity contribution is 6.32. The zero-order valence-electron chi connectivity index (χ0n) is 15.3. The molecule has 2 radical (unpaired) electrons. The van der Waals surface area contributed by atoms with Gasteiger partial charge in [-0.2, -0.15) is 0 Å². The molecule has 0 atom stereocenters. The van der Waals surface area contributed by atoms with E-state index in [1.807, 2.05) is 18.2 Å². The van der Waals surface area contributed by atoms with Gasteiger partial charge in [-0.25, -0.2) is 0 Å². The molecule has 0 aliphatic rings. The van der Waals surface area contributed by atoms with Crippen LogP contribution in [0.5, 0.6) is 0 Å². The van der Waals surface area contributed by atoms with Gasteiger partial charge in [0, 0.05) is 17.1 Å². The maximum atomic E-state index is 5.88. The molecule has 0 unspecified atom stereocenters. The molecule has 0 saturated carbocycles. The van der Waals surface area contributed by atoms with Crippen molar-refractivity contribution in [2.75, 3.05) is 4.90 Å². The van der Waals surface area contributed by atoms with Crippen molar-refractivity contribution in [2.24, 2.45) is 0 Å². The molecule has 1 nitrogen and oxygen atoms in total. The number of nitrogens with zero attached hydrogens (tertiary/aromatic N) is 1. The van der Waals surface area contributed by atoms with Crippen LogP contribution >= 0.6 is 0 Å². The Balaban J connectivity index is 1.74. The third kappa shape index (κ3) is 3.80. The molecule has 4 aromatic carbocycles. The Morgan fingerprint density at radius 1 is 0.519 bits per heavy atom. The van der Waals surface area contributed by atoms with Crippen LogP contribution in [0.15, 0.2) is 103 Å². The molecule has 0 amide bonds. The first-order valence-corrected chi connectivity index (χ1v) is 9.08. The van der Waals surface area contributed by atoms with Gasteiger partial charge in [-0.15, -0.1) is 0 Å². The van der Waals surface area contributed by atoms with E-state index < -0.39 is 0 Å². The molecule has 0 aromatic heterocycles. The molecule has 0 aliphatic carbocycles. The van der Waals surface area contributed by atoms with E-state index in [1.54, 1.807) is 0 Å². The van der Waals surface area contributed by atoms with E-state index in [1.165, 1.54) is 16.7 Å². The molecule has 0 bridgehead atoms. The van der Waals surface area contributed by atoms with E-state index in [4.69, 9.17) is 7.85 Å². The normalized spacial score (nSPS) is 10.6. The van der Waals surface area contributed by atoms with Gasteiger partial charge in [-0.3, -0.25) is 0 Å². The summed E-state index contributed by atoms with van der Waals surface area (Å²) in [5.74, 6) is 0. The molecule has 0 saturated heterocycles. The van der Waals surface area contributed by atoms with Gasteiger partial charge in [0.15, 0.2) is 0 Å². The summed E-state index contributed by atoms with van der Waals surface area (Å²) < 4.78 is 0. The molecule has 0 fully saturated rings. The first-order chi connectivity index (χ1) is 13.2. The van der Waals surface area contributed by atoms with E-state index >= 15 is 0 Å². The summed E-state index contributed by atoms with van der Waals surface area (Å²) in [5.41, 5.74) is 7.79. The van der Waals surface area contributed by atoms with Crippen molar-refractivity contribution in [3.8, 4) is 11.1 Å². The highest BCUT2D eigenvalue weighted by Gasteiger charge is 2.12. The maximum absolute atomic E-state index is 5.88. The van der Waals surface area contributed by atoms with E-state index in [9.17, 15) is 0 Å². The minimum absolute atomic E-state index is 0.765. The number of hydrogen-bond acceptors (Lipinski definition) is 1. The predicted octanol–water partition coefficient (Wildman–Crippen LogP) is 5.93. The summed E-state index contributed by atoms with van der Waals surface area (Å²) >= 11 is 0. The molecule has 4 aromatic rings. The summed E-state index contributed by atoms with van der Waals surface area (Å²) in [5, 5.41) is 0. The lowest BCUT2D eigenvalue weighted by Gasteiger charge is -2.25. The van der Waals surface area contributed by atoms with Crippen LogP contribution in [0, 0.1) is 6.92 Å². The third-order valence-corrected chi connectivity index (χ3v) is 4.68. The summed E-state index contributed by atoms with van der Waals surface area (Å²) in [6, 6.07) is 35.7. The third-order valence-electron chi connectivity index (χ3n) is 4.68. The van der Waals surface area contributed by atoms with Crippen LogP contribution < -0.4 is 10.4 Å². The molecule has 2 heteroatoms. The minimum atomic E-state index is 0.765. The second-order valence-electron chi connectivity index (χ2n) is 6.68. The quantitative estimate of drug-likeness (QED) is 0.415. The highest BCUT2D eigenvalue weighted by atomic mass is 15.1. The van der Waals surface area contributed by atoms with Gasteiger partial charge in [0.05, 0.1) is 0 Å². The van der Waals surface area contributed by atoms with Crippen molar-refractivity contribution < 1.29 is 0 Å². The summed E-state index contributed by atoms with van der Waals surface area (Å²) in [6.45, 7) is 2.11. The lowest BCUT2D eigenvalue weighted by Crippen LogP contribution is -2.11. The molecule has 0 N–H and O–H groups in total.